The first-order valence-electron chi connectivity index (χ1n) is 7.58. The van der Waals surface area contributed by atoms with Gasteiger partial charge in [0.15, 0.2) is 0 Å². The molecule has 1 heterocycles. The minimum Gasteiger partial charge on any atom is -0.492 e. The van der Waals surface area contributed by atoms with E-state index in [1.54, 1.807) is 4.90 Å². The number of anilines is 1. The van der Waals surface area contributed by atoms with E-state index < -0.39 is 0 Å². The number of ether oxygens (including phenoxy) is 1. The molecule has 1 atom stereocenters. The third-order valence-electron chi connectivity index (χ3n) is 3.59. The molecule has 1 saturated heterocycles. The molecule has 6 nitrogen and oxygen atoms in total. The number of benzene rings is 1. The Kier molecular flexibility index (Phi) is 5.77. The van der Waals surface area contributed by atoms with Crippen LogP contribution in [0.4, 0.5) is 5.69 Å². The van der Waals surface area contributed by atoms with Crippen molar-refractivity contribution >= 4 is 17.5 Å². The van der Waals surface area contributed by atoms with E-state index in [4.69, 9.17) is 9.84 Å². The summed E-state index contributed by atoms with van der Waals surface area (Å²) >= 11 is 0. The van der Waals surface area contributed by atoms with Crippen LogP contribution in [0.3, 0.4) is 0 Å². The number of amides is 2. The number of hydrogen-bond donors (Lipinski definition) is 2. The molecule has 1 aromatic carbocycles. The summed E-state index contributed by atoms with van der Waals surface area (Å²) in [5.74, 6) is 0.0771. The van der Waals surface area contributed by atoms with E-state index in [0.717, 1.165) is 0 Å². The summed E-state index contributed by atoms with van der Waals surface area (Å²) in [5.41, 5.74) is 0.708. The Morgan fingerprint density at radius 2 is 2.23 bits per heavy atom. The molecule has 2 N–H and O–H groups in total. The van der Waals surface area contributed by atoms with Crippen molar-refractivity contribution in [3.8, 4) is 5.75 Å². The predicted octanol–water partition coefficient (Wildman–Crippen LogP) is 0.937. The van der Waals surface area contributed by atoms with Crippen molar-refractivity contribution in [2.75, 3.05) is 31.2 Å². The van der Waals surface area contributed by atoms with Gasteiger partial charge in [-0.15, -0.1) is 0 Å². The maximum absolute atomic E-state index is 12.2. The second kappa shape index (κ2) is 7.79. The molecule has 22 heavy (non-hydrogen) atoms. The van der Waals surface area contributed by atoms with Crippen molar-refractivity contribution in [2.24, 2.45) is 5.92 Å². The number of nitrogens with one attached hydrogen (secondary N) is 1. The maximum atomic E-state index is 12.2. The van der Waals surface area contributed by atoms with Crippen LogP contribution in [0.25, 0.3) is 0 Å². The molecule has 1 fully saturated rings. The van der Waals surface area contributed by atoms with Gasteiger partial charge in [-0.3, -0.25) is 9.59 Å². The van der Waals surface area contributed by atoms with Gasteiger partial charge in [0.1, 0.15) is 5.75 Å². The molecule has 2 rings (SSSR count). The molecule has 0 bridgehead atoms. The minimum atomic E-state index is -0.360. The fourth-order valence-electron chi connectivity index (χ4n) is 2.51. The number of carbonyl (C=O) groups excluding carboxylic acids is 2. The van der Waals surface area contributed by atoms with Gasteiger partial charge in [-0.1, -0.05) is 12.1 Å². The summed E-state index contributed by atoms with van der Waals surface area (Å²) < 4.78 is 5.55. The largest absolute Gasteiger partial charge is 0.492 e. The number of aliphatic hydroxyl groups excluding tert-OH is 1. The number of aliphatic hydroxyl groups is 1. The molecule has 0 radical (unpaired) electrons. The van der Waals surface area contributed by atoms with Crippen molar-refractivity contribution in [3.05, 3.63) is 24.3 Å². The SMILES string of the molecule is CCOc1ccccc1N1CC(C(=O)NCCCO)CC1=O. The highest BCUT2D eigenvalue weighted by Gasteiger charge is 2.36. The van der Waals surface area contributed by atoms with Crippen LogP contribution < -0.4 is 15.0 Å². The van der Waals surface area contributed by atoms with E-state index in [9.17, 15) is 9.59 Å². The first kappa shape index (κ1) is 16.3. The van der Waals surface area contributed by atoms with Gasteiger partial charge >= 0.3 is 0 Å². The number of hydrogen-bond acceptors (Lipinski definition) is 4. The average Bonchev–Trinajstić information content (AvgIpc) is 2.90. The van der Waals surface area contributed by atoms with Gasteiger partial charge in [-0.25, -0.2) is 0 Å². The predicted molar refractivity (Wildman–Crippen MR) is 82.8 cm³/mol. The average molecular weight is 306 g/mol. The van der Waals surface area contributed by atoms with Crippen LogP contribution in [0.2, 0.25) is 0 Å². The van der Waals surface area contributed by atoms with Gasteiger partial charge in [-0.2, -0.15) is 0 Å². The highest BCUT2D eigenvalue weighted by molar-refractivity contribution is 6.01. The summed E-state index contributed by atoms with van der Waals surface area (Å²) in [6.45, 7) is 3.23. The van der Waals surface area contributed by atoms with E-state index in [0.29, 0.717) is 37.6 Å². The highest BCUT2D eigenvalue weighted by atomic mass is 16.5. The zero-order valence-electron chi connectivity index (χ0n) is 12.7. The fraction of sp³-hybridized carbons (Fsp3) is 0.500. The first-order chi connectivity index (χ1) is 10.7. The lowest BCUT2D eigenvalue weighted by molar-refractivity contribution is -0.126. The molecule has 0 aromatic heterocycles. The van der Waals surface area contributed by atoms with Gasteiger partial charge in [-0.05, 0) is 25.5 Å². The Morgan fingerprint density at radius 3 is 2.95 bits per heavy atom. The summed E-state index contributed by atoms with van der Waals surface area (Å²) in [5, 5.41) is 11.5. The lowest BCUT2D eigenvalue weighted by Gasteiger charge is -2.20. The van der Waals surface area contributed by atoms with E-state index >= 15 is 0 Å². The maximum Gasteiger partial charge on any atom is 0.227 e. The Hall–Kier alpha value is -2.08. The standard InChI is InChI=1S/C16H22N2O4/c1-2-22-14-7-4-3-6-13(14)18-11-12(10-15(18)20)16(21)17-8-5-9-19/h3-4,6-7,12,19H,2,5,8-11H2,1H3,(H,17,21). The molecule has 1 unspecified atom stereocenters. The van der Waals surface area contributed by atoms with Crippen molar-refractivity contribution < 1.29 is 19.4 Å². The zero-order valence-corrected chi connectivity index (χ0v) is 12.7. The number of carbonyl (C=O) groups is 2. The Morgan fingerprint density at radius 1 is 1.45 bits per heavy atom. The molecule has 1 aromatic rings. The third kappa shape index (κ3) is 3.76. The van der Waals surface area contributed by atoms with Crippen LogP contribution in [0.5, 0.6) is 5.75 Å². The second-order valence-electron chi connectivity index (χ2n) is 5.17. The first-order valence-corrected chi connectivity index (χ1v) is 7.58. The van der Waals surface area contributed by atoms with E-state index in [2.05, 4.69) is 5.32 Å². The molecule has 0 aliphatic carbocycles. The van der Waals surface area contributed by atoms with E-state index in [1.165, 1.54) is 0 Å². The van der Waals surface area contributed by atoms with Crippen LogP contribution in [-0.2, 0) is 9.59 Å². The molecular weight excluding hydrogens is 284 g/mol. The topological polar surface area (TPSA) is 78.9 Å². The zero-order chi connectivity index (χ0) is 15.9. The molecule has 1 aliphatic heterocycles. The lowest BCUT2D eigenvalue weighted by Crippen LogP contribution is -2.33. The van der Waals surface area contributed by atoms with Crippen LogP contribution in [-0.4, -0.2) is 43.2 Å². The van der Waals surface area contributed by atoms with Crippen molar-refractivity contribution in [2.45, 2.75) is 19.8 Å². The quantitative estimate of drug-likeness (QED) is 0.735. The Labute approximate surface area is 130 Å². The van der Waals surface area contributed by atoms with Gasteiger partial charge < -0.3 is 20.1 Å². The summed E-state index contributed by atoms with van der Waals surface area (Å²) in [6.07, 6.45) is 0.717. The monoisotopic (exact) mass is 306 g/mol. The Bertz CT molecular complexity index is 533. The van der Waals surface area contributed by atoms with Gasteiger partial charge in [0.05, 0.1) is 18.2 Å². The number of rotatable bonds is 7. The Balaban J connectivity index is 2.05. The summed E-state index contributed by atoms with van der Waals surface area (Å²) in [4.78, 5) is 25.9. The van der Waals surface area contributed by atoms with E-state index in [-0.39, 0.29) is 30.8 Å². The smallest absolute Gasteiger partial charge is 0.227 e. The highest BCUT2D eigenvalue weighted by Crippen LogP contribution is 2.33. The van der Waals surface area contributed by atoms with Crippen LogP contribution in [0.1, 0.15) is 19.8 Å². The molecule has 2 amide bonds. The molecule has 0 saturated carbocycles. The van der Waals surface area contributed by atoms with Gasteiger partial charge in [0, 0.05) is 26.1 Å². The minimum absolute atomic E-state index is 0.0394. The summed E-state index contributed by atoms with van der Waals surface area (Å²) in [7, 11) is 0. The third-order valence-corrected chi connectivity index (χ3v) is 3.59. The van der Waals surface area contributed by atoms with Crippen molar-refractivity contribution in [1.82, 2.24) is 5.32 Å². The molecule has 120 valence electrons. The van der Waals surface area contributed by atoms with Crippen molar-refractivity contribution in [1.29, 1.82) is 0 Å². The van der Waals surface area contributed by atoms with E-state index in [1.807, 2.05) is 31.2 Å². The molecule has 6 heteroatoms. The summed E-state index contributed by atoms with van der Waals surface area (Å²) in [6, 6.07) is 7.35. The molecule has 1 aliphatic rings. The molecule has 0 spiro atoms. The fourth-order valence-corrected chi connectivity index (χ4v) is 2.51. The lowest BCUT2D eigenvalue weighted by atomic mass is 10.1. The number of para-hydroxylation sites is 2. The van der Waals surface area contributed by atoms with Crippen LogP contribution in [0, 0.1) is 5.92 Å². The van der Waals surface area contributed by atoms with Gasteiger partial charge in [0.2, 0.25) is 11.8 Å². The van der Waals surface area contributed by atoms with Crippen LogP contribution >= 0.6 is 0 Å². The normalized spacial score (nSPS) is 17.6. The second-order valence-corrected chi connectivity index (χ2v) is 5.17. The van der Waals surface area contributed by atoms with Gasteiger partial charge in [0.25, 0.3) is 0 Å². The molecular formula is C16H22N2O4. The van der Waals surface area contributed by atoms with Crippen LogP contribution in [0.15, 0.2) is 24.3 Å². The number of nitrogens with zero attached hydrogens (tertiary/aromatic N) is 1. The van der Waals surface area contributed by atoms with Crippen molar-refractivity contribution in [3.63, 3.8) is 0 Å².